The van der Waals surface area contributed by atoms with Crippen molar-refractivity contribution in [1.29, 1.82) is 0 Å². The number of hydrogen-bond acceptors (Lipinski definition) is 6. The van der Waals surface area contributed by atoms with Gasteiger partial charge in [0.2, 0.25) is 5.95 Å². The van der Waals surface area contributed by atoms with Crippen LogP contribution in [0.4, 0.5) is 5.82 Å². The van der Waals surface area contributed by atoms with E-state index in [1.165, 1.54) is 0 Å². The molecular formula is C13H15N5O3. The number of aryl methyl sites for hydroxylation is 1. The van der Waals surface area contributed by atoms with Gasteiger partial charge in [0, 0.05) is 25.1 Å². The molecule has 1 aliphatic rings. The largest absolute Gasteiger partial charge is 0.479 e. The number of imidazole rings is 1. The molecule has 3 heterocycles. The van der Waals surface area contributed by atoms with Crippen LogP contribution in [-0.2, 0) is 9.53 Å². The minimum Gasteiger partial charge on any atom is -0.479 e. The minimum absolute atomic E-state index is 0.273. The summed E-state index contributed by atoms with van der Waals surface area (Å²) in [5, 5.41) is 9.05. The van der Waals surface area contributed by atoms with Crippen LogP contribution in [0.5, 0.6) is 0 Å². The van der Waals surface area contributed by atoms with Gasteiger partial charge >= 0.3 is 5.97 Å². The van der Waals surface area contributed by atoms with E-state index < -0.39 is 12.1 Å². The molecule has 0 spiro atoms. The first kappa shape index (κ1) is 13.5. The SMILES string of the molecule is Cc1nccn1-c1nccc(N2CCOC(C(=O)O)C2)n1. The molecule has 1 N–H and O–H groups in total. The number of carboxylic acid groups (broad SMARTS) is 1. The van der Waals surface area contributed by atoms with Gasteiger partial charge in [-0.3, -0.25) is 4.57 Å². The Morgan fingerprint density at radius 2 is 2.29 bits per heavy atom. The number of rotatable bonds is 3. The summed E-state index contributed by atoms with van der Waals surface area (Å²) in [6.07, 6.45) is 4.30. The second-order valence-electron chi connectivity index (χ2n) is 4.70. The van der Waals surface area contributed by atoms with E-state index >= 15 is 0 Å². The number of hydrogen-bond donors (Lipinski definition) is 1. The van der Waals surface area contributed by atoms with Gasteiger partial charge in [-0.15, -0.1) is 0 Å². The summed E-state index contributed by atoms with van der Waals surface area (Å²) >= 11 is 0. The van der Waals surface area contributed by atoms with Crippen LogP contribution in [0.15, 0.2) is 24.7 Å². The summed E-state index contributed by atoms with van der Waals surface area (Å²) < 4.78 is 6.99. The fraction of sp³-hybridized carbons (Fsp3) is 0.385. The highest BCUT2D eigenvalue weighted by atomic mass is 16.5. The van der Waals surface area contributed by atoms with E-state index in [2.05, 4.69) is 15.0 Å². The van der Waals surface area contributed by atoms with Gasteiger partial charge in [-0.2, -0.15) is 4.98 Å². The molecule has 110 valence electrons. The van der Waals surface area contributed by atoms with Crippen LogP contribution < -0.4 is 4.90 Å². The molecule has 2 aromatic rings. The molecule has 0 radical (unpaired) electrons. The number of aromatic nitrogens is 4. The van der Waals surface area contributed by atoms with Crippen molar-refractivity contribution < 1.29 is 14.6 Å². The van der Waals surface area contributed by atoms with E-state index in [-0.39, 0.29) is 6.54 Å². The average molecular weight is 289 g/mol. The molecule has 1 saturated heterocycles. The molecule has 0 amide bonds. The molecule has 0 aliphatic carbocycles. The molecule has 21 heavy (non-hydrogen) atoms. The summed E-state index contributed by atoms with van der Waals surface area (Å²) in [5.41, 5.74) is 0. The number of anilines is 1. The van der Waals surface area contributed by atoms with Gasteiger partial charge in [-0.25, -0.2) is 14.8 Å². The van der Waals surface area contributed by atoms with Crippen LogP contribution in [-0.4, -0.2) is 56.4 Å². The van der Waals surface area contributed by atoms with Crippen LogP contribution in [0, 0.1) is 6.92 Å². The van der Waals surface area contributed by atoms with Gasteiger partial charge in [0.1, 0.15) is 11.6 Å². The average Bonchev–Trinajstić information content (AvgIpc) is 2.94. The second-order valence-corrected chi connectivity index (χ2v) is 4.70. The van der Waals surface area contributed by atoms with Gasteiger partial charge in [-0.05, 0) is 13.0 Å². The van der Waals surface area contributed by atoms with Crippen LogP contribution in [0.2, 0.25) is 0 Å². The molecule has 1 aliphatic heterocycles. The Kier molecular flexibility index (Phi) is 3.53. The van der Waals surface area contributed by atoms with E-state index in [1.54, 1.807) is 29.2 Å². The molecule has 1 unspecified atom stereocenters. The molecule has 0 aromatic carbocycles. The van der Waals surface area contributed by atoms with Crippen molar-refractivity contribution in [3.05, 3.63) is 30.5 Å². The lowest BCUT2D eigenvalue weighted by Gasteiger charge is -2.31. The highest BCUT2D eigenvalue weighted by molar-refractivity contribution is 5.73. The number of aliphatic carboxylic acids is 1. The van der Waals surface area contributed by atoms with Crippen molar-refractivity contribution in [3.8, 4) is 5.95 Å². The van der Waals surface area contributed by atoms with E-state index in [4.69, 9.17) is 9.84 Å². The molecule has 0 saturated carbocycles. The maximum Gasteiger partial charge on any atom is 0.334 e. The zero-order chi connectivity index (χ0) is 14.8. The second kappa shape index (κ2) is 5.49. The van der Waals surface area contributed by atoms with Crippen LogP contribution in [0.1, 0.15) is 5.82 Å². The predicted molar refractivity (Wildman–Crippen MR) is 73.5 cm³/mol. The normalized spacial score (nSPS) is 18.7. The topological polar surface area (TPSA) is 93.4 Å². The Morgan fingerprint density at radius 1 is 1.43 bits per heavy atom. The number of carbonyl (C=O) groups is 1. The summed E-state index contributed by atoms with van der Waals surface area (Å²) in [5.74, 6) is 1.03. The van der Waals surface area contributed by atoms with Gasteiger partial charge in [0.05, 0.1) is 13.2 Å². The lowest BCUT2D eigenvalue weighted by atomic mass is 10.2. The molecular weight excluding hydrogens is 274 g/mol. The Balaban J connectivity index is 1.86. The Labute approximate surface area is 121 Å². The lowest BCUT2D eigenvalue weighted by molar-refractivity contribution is -0.150. The lowest BCUT2D eigenvalue weighted by Crippen LogP contribution is -2.46. The van der Waals surface area contributed by atoms with E-state index in [1.807, 2.05) is 11.8 Å². The van der Waals surface area contributed by atoms with Crippen LogP contribution in [0.25, 0.3) is 5.95 Å². The van der Waals surface area contributed by atoms with E-state index in [9.17, 15) is 4.79 Å². The van der Waals surface area contributed by atoms with Gasteiger partial charge in [0.15, 0.2) is 6.10 Å². The quantitative estimate of drug-likeness (QED) is 0.866. The first-order valence-corrected chi connectivity index (χ1v) is 6.58. The van der Waals surface area contributed by atoms with E-state index in [0.717, 1.165) is 5.82 Å². The van der Waals surface area contributed by atoms with Gasteiger partial charge in [0.25, 0.3) is 0 Å². The fourth-order valence-corrected chi connectivity index (χ4v) is 2.23. The van der Waals surface area contributed by atoms with Crippen molar-refractivity contribution in [2.24, 2.45) is 0 Å². The molecule has 2 aromatic heterocycles. The summed E-state index contributed by atoms with van der Waals surface area (Å²) in [6.45, 7) is 3.10. The highest BCUT2D eigenvalue weighted by Gasteiger charge is 2.27. The Bertz CT molecular complexity index is 657. The van der Waals surface area contributed by atoms with Gasteiger partial charge in [-0.1, -0.05) is 0 Å². The van der Waals surface area contributed by atoms with Crippen LogP contribution >= 0.6 is 0 Å². The highest BCUT2D eigenvalue weighted by Crippen LogP contribution is 2.16. The minimum atomic E-state index is -0.959. The third kappa shape index (κ3) is 2.70. The first-order chi connectivity index (χ1) is 10.1. The van der Waals surface area contributed by atoms with E-state index in [0.29, 0.717) is 24.9 Å². The smallest absolute Gasteiger partial charge is 0.334 e. The number of carboxylic acids is 1. The molecule has 1 fully saturated rings. The molecule has 8 heteroatoms. The standard InChI is InChI=1S/C13H15N5O3/c1-9-14-4-5-18(9)13-15-3-2-11(16-13)17-6-7-21-10(8-17)12(19)20/h2-5,10H,6-8H2,1H3,(H,19,20). The summed E-state index contributed by atoms with van der Waals surface area (Å²) in [6, 6.07) is 1.76. The zero-order valence-corrected chi connectivity index (χ0v) is 11.5. The fourth-order valence-electron chi connectivity index (χ4n) is 2.23. The third-order valence-electron chi connectivity index (χ3n) is 3.34. The van der Waals surface area contributed by atoms with Crippen molar-refractivity contribution in [2.45, 2.75) is 13.0 Å². The number of ether oxygens (including phenoxy) is 1. The van der Waals surface area contributed by atoms with Crippen molar-refractivity contribution >= 4 is 11.8 Å². The van der Waals surface area contributed by atoms with Crippen molar-refractivity contribution in [1.82, 2.24) is 19.5 Å². The monoisotopic (exact) mass is 289 g/mol. The zero-order valence-electron chi connectivity index (χ0n) is 11.5. The summed E-state index contributed by atoms with van der Waals surface area (Å²) in [7, 11) is 0. The number of morpholine rings is 1. The van der Waals surface area contributed by atoms with Gasteiger partial charge < -0.3 is 14.7 Å². The maximum atomic E-state index is 11.0. The Morgan fingerprint density at radius 3 is 3.00 bits per heavy atom. The van der Waals surface area contributed by atoms with Crippen LogP contribution in [0.3, 0.4) is 0 Å². The Hall–Kier alpha value is -2.48. The molecule has 3 rings (SSSR count). The molecule has 8 nitrogen and oxygen atoms in total. The van der Waals surface area contributed by atoms with Crippen molar-refractivity contribution in [2.75, 3.05) is 24.6 Å². The third-order valence-corrected chi connectivity index (χ3v) is 3.34. The number of nitrogens with zero attached hydrogens (tertiary/aromatic N) is 5. The van der Waals surface area contributed by atoms with Crippen molar-refractivity contribution in [3.63, 3.8) is 0 Å². The molecule has 0 bridgehead atoms. The predicted octanol–water partition coefficient (Wildman–Crippen LogP) is 0.261. The summed E-state index contributed by atoms with van der Waals surface area (Å²) in [4.78, 5) is 25.8. The first-order valence-electron chi connectivity index (χ1n) is 6.58. The maximum absolute atomic E-state index is 11.0. The molecule has 1 atom stereocenters.